The van der Waals surface area contributed by atoms with Gasteiger partial charge in [0.05, 0.1) is 6.42 Å². The molecular formula is C24H32N2O2. The highest BCUT2D eigenvalue weighted by atomic mass is 16.2. The quantitative estimate of drug-likeness (QED) is 0.753. The van der Waals surface area contributed by atoms with E-state index in [1.807, 2.05) is 76.2 Å². The standard InChI is InChI=1S/C24H32N2O2/c1-5-21(23(28)25-24(2,3)4)26(17-16-19-12-8-6-9-13-19)22(27)18-20-14-10-7-11-15-20/h6-15,21H,5,16-18H2,1-4H3,(H,25,28). The van der Waals surface area contributed by atoms with E-state index < -0.39 is 6.04 Å². The van der Waals surface area contributed by atoms with Crippen molar-refractivity contribution in [3.05, 3.63) is 71.8 Å². The molecule has 0 saturated heterocycles. The van der Waals surface area contributed by atoms with Crippen LogP contribution in [-0.2, 0) is 22.4 Å². The fourth-order valence-corrected chi connectivity index (χ4v) is 3.22. The van der Waals surface area contributed by atoms with E-state index in [4.69, 9.17) is 0 Å². The first kappa shape index (κ1) is 21.7. The molecule has 4 nitrogen and oxygen atoms in total. The molecule has 1 unspecified atom stereocenters. The molecule has 4 heteroatoms. The Bertz CT molecular complexity index is 751. The minimum absolute atomic E-state index is 0.0157. The van der Waals surface area contributed by atoms with E-state index in [1.165, 1.54) is 0 Å². The summed E-state index contributed by atoms with van der Waals surface area (Å²) in [6.07, 6.45) is 1.60. The van der Waals surface area contributed by atoms with Crippen LogP contribution >= 0.6 is 0 Å². The van der Waals surface area contributed by atoms with Crippen molar-refractivity contribution in [2.75, 3.05) is 6.54 Å². The van der Waals surface area contributed by atoms with Gasteiger partial charge in [0.2, 0.25) is 11.8 Å². The van der Waals surface area contributed by atoms with Gasteiger partial charge in [-0.1, -0.05) is 67.6 Å². The SMILES string of the molecule is CCC(C(=O)NC(C)(C)C)N(CCc1ccccc1)C(=O)Cc1ccccc1. The van der Waals surface area contributed by atoms with Crippen molar-refractivity contribution in [2.24, 2.45) is 0 Å². The van der Waals surface area contributed by atoms with Gasteiger partial charge in [0, 0.05) is 12.1 Å². The van der Waals surface area contributed by atoms with E-state index in [9.17, 15) is 9.59 Å². The molecule has 0 aliphatic heterocycles. The molecule has 1 atom stereocenters. The summed E-state index contributed by atoms with van der Waals surface area (Å²) in [4.78, 5) is 27.8. The maximum atomic E-state index is 13.2. The Labute approximate surface area is 169 Å². The molecule has 2 amide bonds. The van der Waals surface area contributed by atoms with Crippen molar-refractivity contribution in [3.8, 4) is 0 Å². The molecule has 0 heterocycles. The van der Waals surface area contributed by atoms with Gasteiger partial charge in [-0.05, 0) is 44.7 Å². The van der Waals surface area contributed by atoms with Gasteiger partial charge in [0.1, 0.15) is 6.04 Å². The summed E-state index contributed by atoms with van der Waals surface area (Å²) in [5, 5.41) is 3.03. The van der Waals surface area contributed by atoms with Crippen molar-refractivity contribution in [3.63, 3.8) is 0 Å². The number of benzene rings is 2. The Morgan fingerprint density at radius 3 is 1.96 bits per heavy atom. The Kier molecular flexibility index (Phi) is 7.80. The smallest absolute Gasteiger partial charge is 0.243 e. The second-order valence-electron chi connectivity index (χ2n) is 8.15. The molecule has 2 aromatic carbocycles. The van der Waals surface area contributed by atoms with E-state index in [1.54, 1.807) is 4.90 Å². The summed E-state index contributed by atoms with van der Waals surface area (Å²) in [7, 11) is 0. The Morgan fingerprint density at radius 2 is 1.46 bits per heavy atom. The largest absolute Gasteiger partial charge is 0.350 e. The highest BCUT2D eigenvalue weighted by Gasteiger charge is 2.30. The van der Waals surface area contributed by atoms with Gasteiger partial charge in [0.15, 0.2) is 0 Å². The monoisotopic (exact) mass is 380 g/mol. The highest BCUT2D eigenvalue weighted by molar-refractivity contribution is 5.88. The molecule has 2 aromatic rings. The number of carbonyl (C=O) groups excluding carboxylic acids is 2. The maximum Gasteiger partial charge on any atom is 0.243 e. The van der Waals surface area contributed by atoms with Crippen molar-refractivity contribution < 1.29 is 9.59 Å². The van der Waals surface area contributed by atoms with E-state index >= 15 is 0 Å². The number of amides is 2. The first-order chi connectivity index (χ1) is 13.3. The third-order valence-electron chi connectivity index (χ3n) is 4.57. The molecule has 0 bridgehead atoms. The third-order valence-corrected chi connectivity index (χ3v) is 4.57. The minimum Gasteiger partial charge on any atom is -0.350 e. The number of nitrogens with zero attached hydrogens (tertiary/aromatic N) is 1. The summed E-state index contributed by atoms with van der Waals surface area (Å²) >= 11 is 0. The molecule has 0 radical (unpaired) electrons. The summed E-state index contributed by atoms with van der Waals surface area (Å²) < 4.78 is 0. The number of hydrogen-bond donors (Lipinski definition) is 1. The normalized spacial score (nSPS) is 12.3. The van der Waals surface area contributed by atoms with Crippen LogP contribution in [0.15, 0.2) is 60.7 Å². The molecule has 0 aliphatic rings. The summed E-state index contributed by atoms with van der Waals surface area (Å²) in [6, 6.07) is 19.3. The maximum absolute atomic E-state index is 13.2. The molecule has 0 spiro atoms. The average Bonchev–Trinajstić information content (AvgIpc) is 2.65. The number of carbonyl (C=O) groups is 2. The van der Waals surface area contributed by atoms with Crippen molar-refractivity contribution >= 4 is 11.8 Å². The lowest BCUT2D eigenvalue weighted by atomic mass is 10.0. The molecule has 2 rings (SSSR count). The average molecular weight is 381 g/mol. The summed E-state index contributed by atoms with van der Waals surface area (Å²) in [6.45, 7) is 8.34. The Morgan fingerprint density at radius 1 is 0.929 bits per heavy atom. The topological polar surface area (TPSA) is 49.4 Å². The van der Waals surface area contributed by atoms with Gasteiger partial charge in [-0.3, -0.25) is 9.59 Å². The Balaban J connectivity index is 2.19. The van der Waals surface area contributed by atoms with Crippen LogP contribution in [0.4, 0.5) is 0 Å². The van der Waals surface area contributed by atoms with Crippen LogP contribution < -0.4 is 5.32 Å². The lowest BCUT2D eigenvalue weighted by molar-refractivity contribution is -0.140. The van der Waals surface area contributed by atoms with Gasteiger partial charge in [0.25, 0.3) is 0 Å². The lowest BCUT2D eigenvalue weighted by Gasteiger charge is -2.33. The van der Waals surface area contributed by atoms with E-state index in [0.29, 0.717) is 19.4 Å². The van der Waals surface area contributed by atoms with E-state index in [0.717, 1.165) is 17.5 Å². The molecule has 0 aliphatic carbocycles. The van der Waals surface area contributed by atoms with E-state index in [2.05, 4.69) is 17.4 Å². The molecular weight excluding hydrogens is 348 g/mol. The van der Waals surface area contributed by atoms with Crippen LogP contribution in [0.1, 0.15) is 45.2 Å². The van der Waals surface area contributed by atoms with Gasteiger partial charge >= 0.3 is 0 Å². The predicted molar refractivity (Wildman–Crippen MR) is 114 cm³/mol. The minimum atomic E-state index is -0.473. The van der Waals surface area contributed by atoms with Crippen molar-refractivity contribution in [1.29, 1.82) is 0 Å². The third kappa shape index (κ3) is 6.84. The molecule has 1 N–H and O–H groups in total. The van der Waals surface area contributed by atoms with Crippen molar-refractivity contribution in [2.45, 2.75) is 58.5 Å². The second kappa shape index (κ2) is 10.1. The highest BCUT2D eigenvalue weighted by Crippen LogP contribution is 2.13. The van der Waals surface area contributed by atoms with Crippen LogP contribution in [0.5, 0.6) is 0 Å². The number of hydrogen-bond acceptors (Lipinski definition) is 2. The van der Waals surface area contributed by atoms with E-state index in [-0.39, 0.29) is 17.4 Å². The fraction of sp³-hybridized carbons (Fsp3) is 0.417. The van der Waals surface area contributed by atoms with Crippen LogP contribution in [0.3, 0.4) is 0 Å². The predicted octanol–water partition coefficient (Wildman–Crippen LogP) is 3.99. The summed E-state index contributed by atoms with van der Waals surface area (Å²) in [5.74, 6) is -0.109. The van der Waals surface area contributed by atoms with Gasteiger partial charge in [-0.2, -0.15) is 0 Å². The first-order valence-electron chi connectivity index (χ1n) is 9.99. The van der Waals surface area contributed by atoms with Crippen LogP contribution in [0, 0.1) is 0 Å². The Hall–Kier alpha value is -2.62. The zero-order valence-electron chi connectivity index (χ0n) is 17.4. The second-order valence-corrected chi connectivity index (χ2v) is 8.15. The van der Waals surface area contributed by atoms with Crippen LogP contribution in [0.25, 0.3) is 0 Å². The van der Waals surface area contributed by atoms with Gasteiger partial charge in [-0.25, -0.2) is 0 Å². The first-order valence-corrected chi connectivity index (χ1v) is 9.99. The van der Waals surface area contributed by atoms with Gasteiger partial charge < -0.3 is 10.2 Å². The number of rotatable bonds is 8. The molecule has 28 heavy (non-hydrogen) atoms. The molecule has 150 valence electrons. The van der Waals surface area contributed by atoms with Crippen LogP contribution in [0.2, 0.25) is 0 Å². The fourth-order valence-electron chi connectivity index (χ4n) is 3.22. The lowest BCUT2D eigenvalue weighted by Crippen LogP contribution is -2.54. The zero-order valence-corrected chi connectivity index (χ0v) is 17.4. The summed E-state index contributed by atoms with van der Waals surface area (Å²) in [5.41, 5.74) is 1.78. The molecule has 0 saturated carbocycles. The van der Waals surface area contributed by atoms with Gasteiger partial charge in [-0.15, -0.1) is 0 Å². The van der Waals surface area contributed by atoms with Crippen molar-refractivity contribution in [1.82, 2.24) is 10.2 Å². The van der Waals surface area contributed by atoms with Crippen LogP contribution in [-0.4, -0.2) is 34.8 Å². The number of nitrogens with one attached hydrogen (secondary N) is 1. The molecule has 0 aromatic heterocycles. The molecule has 0 fully saturated rings. The zero-order chi connectivity index (χ0) is 20.6.